The van der Waals surface area contributed by atoms with Crippen molar-refractivity contribution in [3.05, 3.63) is 80.6 Å². The van der Waals surface area contributed by atoms with Crippen LogP contribution >= 0.6 is 0 Å². The minimum absolute atomic E-state index is 0.287. The van der Waals surface area contributed by atoms with Crippen LogP contribution in [0.3, 0.4) is 0 Å². The Labute approximate surface area is 178 Å². The van der Waals surface area contributed by atoms with Gasteiger partial charge in [-0.15, -0.1) is 0 Å². The summed E-state index contributed by atoms with van der Waals surface area (Å²) in [4.78, 5) is 41.5. The zero-order chi connectivity index (χ0) is 22.3. The van der Waals surface area contributed by atoms with E-state index in [1.807, 2.05) is 38.2 Å². The molecule has 2 heterocycles. The van der Waals surface area contributed by atoms with Gasteiger partial charge in [0.2, 0.25) is 0 Å². The molecule has 0 radical (unpaired) electrons. The van der Waals surface area contributed by atoms with E-state index in [4.69, 9.17) is 0 Å². The van der Waals surface area contributed by atoms with Crippen molar-refractivity contribution in [2.24, 2.45) is 0 Å². The number of aliphatic carboxylic acids is 1. The minimum Gasteiger partial charge on any atom is -0.481 e. The molecule has 0 amide bonds. The minimum atomic E-state index is -1.04. The highest BCUT2D eigenvalue weighted by Gasteiger charge is 2.25. The van der Waals surface area contributed by atoms with Gasteiger partial charge in [-0.2, -0.15) is 0 Å². The number of rotatable bonds is 6. The summed E-state index contributed by atoms with van der Waals surface area (Å²) < 4.78 is 2.73. The lowest BCUT2D eigenvalue weighted by Crippen LogP contribution is -2.43. The number of hydrogen-bond acceptors (Lipinski definition) is 3. The molecule has 7 heteroatoms. The maximum atomic E-state index is 13.7. The summed E-state index contributed by atoms with van der Waals surface area (Å²) in [5.74, 6) is -1.04. The first-order valence-electron chi connectivity index (χ1n) is 10.4. The number of benzene rings is 2. The number of carboxylic acid groups (broad SMARTS) is 1. The number of fused-ring (bicyclic) bond motifs is 2. The molecule has 0 aliphatic carbocycles. The Morgan fingerprint density at radius 1 is 1.10 bits per heavy atom. The first kappa shape index (κ1) is 20.7. The molecule has 0 saturated carbocycles. The van der Waals surface area contributed by atoms with E-state index in [0.29, 0.717) is 17.3 Å². The molecule has 2 N–H and O–H groups in total. The monoisotopic (exact) mass is 419 g/mol. The molecule has 0 aliphatic heterocycles. The van der Waals surface area contributed by atoms with Crippen molar-refractivity contribution in [3.8, 4) is 0 Å². The van der Waals surface area contributed by atoms with Crippen LogP contribution < -0.4 is 11.2 Å². The summed E-state index contributed by atoms with van der Waals surface area (Å²) in [5.41, 5.74) is 2.60. The number of aryl methyl sites for hydroxylation is 1. The van der Waals surface area contributed by atoms with Gasteiger partial charge in [-0.1, -0.05) is 31.2 Å². The molecule has 2 aromatic carbocycles. The molecule has 0 fully saturated rings. The van der Waals surface area contributed by atoms with Crippen LogP contribution in [0.15, 0.2) is 58.3 Å². The van der Waals surface area contributed by atoms with E-state index < -0.39 is 23.3 Å². The average molecular weight is 419 g/mol. The van der Waals surface area contributed by atoms with Crippen molar-refractivity contribution >= 4 is 27.8 Å². The van der Waals surface area contributed by atoms with Crippen molar-refractivity contribution in [1.29, 1.82) is 0 Å². The van der Waals surface area contributed by atoms with Gasteiger partial charge in [-0.25, -0.2) is 4.79 Å². The zero-order valence-corrected chi connectivity index (χ0v) is 17.8. The third kappa shape index (κ3) is 3.36. The topological polar surface area (TPSA) is 97.1 Å². The van der Waals surface area contributed by atoms with Gasteiger partial charge in [0.15, 0.2) is 0 Å². The largest absolute Gasteiger partial charge is 0.481 e. The zero-order valence-electron chi connectivity index (χ0n) is 17.8. The van der Waals surface area contributed by atoms with Gasteiger partial charge in [0.25, 0.3) is 5.56 Å². The standard InChI is InChI=1S/C24H25N3O4/c1-4-16(12-21(28)29)27-23(30)17-9-5-6-11-20(17)26(24(27)31)15(3)18-13-25-19-10-7-8-14(2)22(18)19/h5-11,13,15-16,25H,4,12H2,1-3H3,(H,28,29)/t15-,16?/m1/s1. The van der Waals surface area contributed by atoms with Crippen molar-refractivity contribution in [2.75, 3.05) is 0 Å². The quantitative estimate of drug-likeness (QED) is 0.494. The van der Waals surface area contributed by atoms with Gasteiger partial charge in [0, 0.05) is 22.7 Å². The molecular formula is C24H25N3O4. The number of carbonyl (C=O) groups is 1. The highest BCUT2D eigenvalue weighted by Crippen LogP contribution is 2.30. The van der Waals surface area contributed by atoms with E-state index in [9.17, 15) is 19.5 Å². The number of nitrogens with zero attached hydrogens (tertiary/aromatic N) is 2. The molecule has 0 aliphatic rings. The van der Waals surface area contributed by atoms with Crippen molar-refractivity contribution < 1.29 is 9.90 Å². The lowest BCUT2D eigenvalue weighted by atomic mass is 10.0. The number of H-pyrrole nitrogens is 1. The molecule has 0 saturated heterocycles. The second-order valence-electron chi connectivity index (χ2n) is 7.92. The average Bonchev–Trinajstić information content (AvgIpc) is 3.18. The predicted molar refractivity (Wildman–Crippen MR) is 121 cm³/mol. The lowest BCUT2D eigenvalue weighted by Gasteiger charge is -2.23. The number of aromatic nitrogens is 3. The first-order chi connectivity index (χ1) is 14.8. The van der Waals surface area contributed by atoms with Gasteiger partial charge in [-0.3, -0.25) is 18.7 Å². The summed E-state index contributed by atoms with van der Waals surface area (Å²) in [5, 5.41) is 10.8. The van der Waals surface area contributed by atoms with E-state index in [1.165, 1.54) is 0 Å². The molecule has 160 valence electrons. The molecule has 7 nitrogen and oxygen atoms in total. The maximum absolute atomic E-state index is 13.7. The lowest BCUT2D eigenvalue weighted by molar-refractivity contribution is -0.138. The van der Waals surface area contributed by atoms with Crippen LogP contribution in [0.1, 0.15) is 49.9 Å². The van der Waals surface area contributed by atoms with Gasteiger partial charge in [0.1, 0.15) is 0 Å². The predicted octanol–water partition coefficient (Wildman–Crippen LogP) is 3.99. The van der Waals surface area contributed by atoms with Crippen LogP contribution in [0.25, 0.3) is 21.8 Å². The summed E-state index contributed by atoms with van der Waals surface area (Å²) in [7, 11) is 0. The van der Waals surface area contributed by atoms with Crippen LogP contribution in [0.2, 0.25) is 0 Å². The Morgan fingerprint density at radius 3 is 2.55 bits per heavy atom. The number of hydrogen-bond donors (Lipinski definition) is 2. The fourth-order valence-electron chi connectivity index (χ4n) is 4.48. The second kappa shape index (κ2) is 7.91. The van der Waals surface area contributed by atoms with Crippen molar-refractivity contribution in [2.45, 2.75) is 45.7 Å². The second-order valence-corrected chi connectivity index (χ2v) is 7.92. The van der Waals surface area contributed by atoms with Crippen molar-refractivity contribution in [1.82, 2.24) is 14.1 Å². The molecule has 0 spiro atoms. The molecule has 2 aromatic heterocycles. The van der Waals surface area contributed by atoms with Crippen LogP contribution in [0, 0.1) is 6.92 Å². The van der Waals surface area contributed by atoms with Crippen LogP contribution in [0.5, 0.6) is 0 Å². The fourth-order valence-corrected chi connectivity index (χ4v) is 4.48. The molecule has 4 aromatic rings. The summed E-state index contributed by atoms with van der Waals surface area (Å²) >= 11 is 0. The Morgan fingerprint density at radius 2 is 1.84 bits per heavy atom. The highest BCUT2D eigenvalue weighted by atomic mass is 16.4. The van der Waals surface area contributed by atoms with Gasteiger partial charge in [0.05, 0.1) is 29.4 Å². The normalized spacial score (nSPS) is 13.5. The Balaban J connectivity index is 2.04. The SMILES string of the molecule is CCC(CC(=O)O)n1c(=O)c2ccccc2n([C@H](C)c2c[nH]c3cccc(C)c23)c1=O. The maximum Gasteiger partial charge on any atom is 0.332 e. The third-order valence-electron chi connectivity index (χ3n) is 6.05. The molecule has 0 bridgehead atoms. The van der Waals surface area contributed by atoms with Gasteiger partial charge in [-0.05, 0) is 44.0 Å². The Kier molecular flexibility index (Phi) is 5.27. The fraction of sp³-hybridized carbons (Fsp3) is 0.292. The number of aromatic amines is 1. The molecule has 31 heavy (non-hydrogen) atoms. The summed E-state index contributed by atoms with van der Waals surface area (Å²) in [6, 6.07) is 11.9. The number of nitrogens with one attached hydrogen (secondary N) is 1. The number of carboxylic acids is 1. The Bertz CT molecular complexity index is 1410. The van der Waals surface area contributed by atoms with E-state index in [1.54, 1.807) is 35.8 Å². The first-order valence-corrected chi connectivity index (χ1v) is 10.4. The van der Waals surface area contributed by atoms with E-state index >= 15 is 0 Å². The summed E-state index contributed by atoms with van der Waals surface area (Å²) in [6.07, 6.45) is 1.97. The molecule has 1 unspecified atom stereocenters. The Hall–Kier alpha value is -3.61. The molecule has 4 rings (SSSR count). The molecule has 2 atom stereocenters. The number of para-hydroxylation sites is 1. The van der Waals surface area contributed by atoms with Crippen LogP contribution in [-0.4, -0.2) is 25.2 Å². The smallest absolute Gasteiger partial charge is 0.332 e. The van der Waals surface area contributed by atoms with Crippen LogP contribution in [-0.2, 0) is 4.79 Å². The van der Waals surface area contributed by atoms with E-state index in [2.05, 4.69) is 4.98 Å². The van der Waals surface area contributed by atoms with Crippen molar-refractivity contribution in [3.63, 3.8) is 0 Å². The van der Waals surface area contributed by atoms with E-state index in [-0.39, 0.29) is 12.5 Å². The highest BCUT2D eigenvalue weighted by molar-refractivity contribution is 5.87. The van der Waals surface area contributed by atoms with E-state index in [0.717, 1.165) is 26.6 Å². The van der Waals surface area contributed by atoms with Gasteiger partial charge < -0.3 is 10.1 Å². The molecular weight excluding hydrogens is 394 g/mol. The van der Waals surface area contributed by atoms with Gasteiger partial charge >= 0.3 is 11.7 Å². The van der Waals surface area contributed by atoms with Crippen LogP contribution in [0.4, 0.5) is 0 Å². The third-order valence-corrected chi connectivity index (χ3v) is 6.05. The summed E-state index contributed by atoms with van der Waals surface area (Å²) in [6.45, 7) is 5.73.